The Morgan fingerprint density at radius 3 is 2.80 bits per heavy atom. The number of methoxy groups -OCH3 is 1. The van der Waals surface area contributed by atoms with Gasteiger partial charge in [-0.1, -0.05) is 13.8 Å². The third kappa shape index (κ3) is 6.20. The van der Waals surface area contributed by atoms with E-state index in [0.29, 0.717) is 25.1 Å². The molecule has 2 atom stereocenters. The Balaban J connectivity index is 2.35. The van der Waals surface area contributed by atoms with Crippen LogP contribution in [0.15, 0.2) is 0 Å². The van der Waals surface area contributed by atoms with Crippen molar-refractivity contribution in [1.82, 2.24) is 15.5 Å². The molecule has 0 spiro atoms. The smallest absolute Gasteiger partial charge is 0.237 e. The average molecular weight is 285 g/mol. The summed E-state index contributed by atoms with van der Waals surface area (Å²) in [6, 6.07) is 0.480. The van der Waals surface area contributed by atoms with Crippen molar-refractivity contribution >= 4 is 5.91 Å². The fraction of sp³-hybridized carbons (Fsp3) is 0.933. The Kier molecular flexibility index (Phi) is 8.11. The predicted molar refractivity (Wildman–Crippen MR) is 81.8 cm³/mol. The maximum absolute atomic E-state index is 12.1. The molecule has 118 valence electrons. The molecule has 0 aromatic heterocycles. The monoisotopic (exact) mass is 285 g/mol. The first-order chi connectivity index (χ1) is 9.54. The fourth-order valence-corrected chi connectivity index (χ4v) is 2.61. The quantitative estimate of drug-likeness (QED) is 0.649. The number of piperidine rings is 1. The molecule has 1 heterocycles. The zero-order valence-electron chi connectivity index (χ0n) is 13.4. The first-order valence-corrected chi connectivity index (χ1v) is 7.78. The minimum Gasteiger partial charge on any atom is -0.383 e. The third-order valence-electron chi connectivity index (χ3n) is 3.90. The second-order valence-electron chi connectivity index (χ2n) is 6.03. The second-order valence-corrected chi connectivity index (χ2v) is 6.03. The molecule has 0 radical (unpaired) electrons. The zero-order chi connectivity index (χ0) is 15.0. The molecular weight excluding hydrogens is 254 g/mol. The summed E-state index contributed by atoms with van der Waals surface area (Å²) in [5, 5.41) is 6.43. The van der Waals surface area contributed by atoms with Crippen LogP contribution in [-0.4, -0.2) is 62.8 Å². The lowest BCUT2D eigenvalue weighted by Gasteiger charge is -2.36. The third-order valence-corrected chi connectivity index (χ3v) is 3.90. The van der Waals surface area contributed by atoms with Crippen LogP contribution in [-0.2, 0) is 9.53 Å². The van der Waals surface area contributed by atoms with Crippen molar-refractivity contribution in [2.45, 2.75) is 45.7 Å². The summed E-state index contributed by atoms with van der Waals surface area (Å²) in [7, 11) is 1.65. The van der Waals surface area contributed by atoms with Gasteiger partial charge < -0.3 is 15.4 Å². The van der Waals surface area contributed by atoms with Crippen LogP contribution >= 0.6 is 0 Å². The highest BCUT2D eigenvalue weighted by Gasteiger charge is 2.27. The second kappa shape index (κ2) is 9.32. The number of hydrogen-bond acceptors (Lipinski definition) is 4. The van der Waals surface area contributed by atoms with Crippen molar-refractivity contribution in [3.05, 3.63) is 0 Å². The molecule has 5 heteroatoms. The number of amides is 1. The molecule has 20 heavy (non-hydrogen) atoms. The minimum atomic E-state index is -0.0475. The van der Waals surface area contributed by atoms with Gasteiger partial charge in [-0.2, -0.15) is 0 Å². The Morgan fingerprint density at radius 2 is 2.15 bits per heavy atom. The van der Waals surface area contributed by atoms with E-state index in [-0.39, 0.29) is 11.9 Å². The van der Waals surface area contributed by atoms with Crippen molar-refractivity contribution in [1.29, 1.82) is 0 Å². The summed E-state index contributed by atoms with van der Waals surface area (Å²) in [4.78, 5) is 14.4. The molecular formula is C15H31N3O2. The molecule has 0 bridgehead atoms. The predicted octanol–water partition coefficient (Wildman–Crippen LogP) is 0.848. The van der Waals surface area contributed by atoms with Crippen molar-refractivity contribution in [2.24, 2.45) is 5.92 Å². The van der Waals surface area contributed by atoms with Crippen molar-refractivity contribution in [3.63, 3.8) is 0 Å². The highest BCUT2D eigenvalue weighted by atomic mass is 16.5. The summed E-state index contributed by atoms with van der Waals surface area (Å²) in [5.74, 6) is 0.764. The first-order valence-electron chi connectivity index (χ1n) is 7.78. The highest BCUT2D eigenvalue weighted by Crippen LogP contribution is 2.18. The summed E-state index contributed by atoms with van der Waals surface area (Å²) < 4.78 is 4.95. The number of likely N-dealkylation sites (tertiary alicyclic amines) is 1. The van der Waals surface area contributed by atoms with Gasteiger partial charge in [0.05, 0.1) is 12.6 Å². The van der Waals surface area contributed by atoms with E-state index in [1.165, 1.54) is 12.8 Å². The van der Waals surface area contributed by atoms with Crippen LogP contribution in [0.1, 0.15) is 33.6 Å². The number of carbonyl (C=O) groups excluding carboxylic acids is 1. The summed E-state index contributed by atoms with van der Waals surface area (Å²) in [6.07, 6.45) is 2.44. The van der Waals surface area contributed by atoms with Crippen LogP contribution in [0.25, 0.3) is 0 Å². The van der Waals surface area contributed by atoms with Gasteiger partial charge in [-0.25, -0.2) is 0 Å². The van der Waals surface area contributed by atoms with E-state index in [1.54, 1.807) is 7.11 Å². The van der Waals surface area contributed by atoms with Gasteiger partial charge in [0.15, 0.2) is 0 Å². The van der Waals surface area contributed by atoms with Gasteiger partial charge in [0.1, 0.15) is 0 Å². The van der Waals surface area contributed by atoms with E-state index in [0.717, 1.165) is 19.6 Å². The Morgan fingerprint density at radius 1 is 1.40 bits per heavy atom. The summed E-state index contributed by atoms with van der Waals surface area (Å²) in [5.41, 5.74) is 0. The summed E-state index contributed by atoms with van der Waals surface area (Å²) in [6.45, 7) is 10.6. The van der Waals surface area contributed by atoms with Crippen LogP contribution in [0.5, 0.6) is 0 Å². The SMILES string of the molecule is COCCNC(=O)C(C)N1CCCC(CNC(C)C)C1. The number of nitrogens with one attached hydrogen (secondary N) is 2. The van der Waals surface area contributed by atoms with Crippen molar-refractivity contribution < 1.29 is 9.53 Å². The molecule has 0 aromatic rings. The van der Waals surface area contributed by atoms with Gasteiger partial charge in [0.25, 0.3) is 0 Å². The van der Waals surface area contributed by atoms with Crippen LogP contribution in [0.4, 0.5) is 0 Å². The van der Waals surface area contributed by atoms with Crippen LogP contribution in [0.3, 0.4) is 0 Å². The van der Waals surface area contributed by atoms with Crippen LogP contribution < -0.4 is 10.6 Å². The van der Waals surface area contributed by atoms with Crippen LogP contribution in [0, 0.1) is 5.92 Å². The molecule has 2 N–H and O–H groups in total. The molecule has 5 nitrogen and oxygen atoms in total. The van der Waals surface area contributed by atoms with Gasteiger partial charge in [0, 0.05) is 26.2 Å². The largest absolute Gasteiger partial charge is 0.383 e. The first kappa shape index (κ1) is 17.4. The van der Waals surface area contributed by atoms with Crippen LogP contribution in [0.2, 0.25) is 0 Å². The number of carbonyl (C=O) groups is 1. The molecule has 1 amide bonds. The molecule has 0 aromatic carbocycles. The van der Waals surface area contributed by atoms with Gasteiger partial charge in [-0.3, -0.25) is 9.69 Å². The maximum Gasteiger partial charge on any atom is 0.237 e. The molecule has 1 aliphatic rings. The Labute approximate surface area is 123 Å². The van der Waals surface area contributed by atoms with Gasteiger partial charge >= 0.3 is 0 Å². The van der Waals surface area contributed by atoms with Gasteiger partial charge in [0.2, 0.25) is 5.91 Å². The topological polar surface area (TPSA) is 53.6 Å². The van der Waals surface area contributed by atoms with Crippen molar-refractivity contribution in [2.75, 3.05) is 39.9 Å². The molecule has 0 aliphatic carbocycles. The lowest BCUT2D eigenvalue weighted by Crippen LogP contribution is -2.50. The normalized spacial score (nSPS) is 21.9. The molecule has 1 aliphatic heterocycles. The number of rotatable bonds is 8. The Bertz CT molecular complexity index is 284. The van der Waals surface area contributed by atoms with E-state index >= 15 is 0 Å². The summed E-state index contributed by atoms with van der Waals surface area (Å²) >= 11 is 0. The lowest BCUT2D eigenvalue weighted by molar-refractivity contribution is -0.126. The molecule has 2 unspecified atom stereocenters. The minimum absolute atomic E-state index is 0.0475. The molecule has 1 saturated heterocycles. The maximum atomic E-state index is 12.1. The fourth-order valence-electron chi connectivity index (χ4n) is 2.61. The standard InChI is InChI=1S/C15H31N3O2/c1-12(2)17-10-14-6-5-8-18(11-14)13(3)15(19)16-7-9-20-4/h12-14,17H,5-11H2,1-4H3,(H,16,19). The van der Waals surface area contributed by atoms with E-state index in [2.05, 4.69) is 29.4 Å². The van der Waals surface area contributed by atoms with E-state index in [9.17, 15) is 4.79 Å². The molecule has 0 saturated carbocycles. The number of ether oxygens (including phenoxy) is 1. The van der Waals surface area contributed by atoms with E-state index in [4.69, 9.17) is 4.74 Å². The van der Waals surface area contributed by atoms with E-state index < -0.39 is 0 Å². The average Bonchev–Trinajstić information content (AvgIpc) is 2.44. The van der Waals surface area contributed by atoms with Gasteiger partial charge in [-0.05, 0) is 38.8 Å². The van der Waals surface area contributed by atoms with Crippen molar-refractivity contribution in [3.8, 4) is 0 Å². The lowest BCUT2D eigenvalue weighted by atomic mass is 9.96. The highest BCUT2D eigenvalue weighted by molar-refractivity contribution is 5.81. The number of hydrogen-bond donors (Lipinski definition) is 2. The van der Waals surface area contributed by atoms with Gasteiger partial charge in [-0.15, -0.1) is 0 Å². The zero-order valence-corrected chi connectivity index (χ0v) is 13.4. The number of nitrogens with zero attached hydrogens (tertiary/aromatic N) is 1. The van der Waals surface area contributed by atoms with E-state index in [1.807, 2.05) is 6.92 Å². The molecule has 1 fully saturated rings. The molecule has 1 rings (SSSR count). The Hall–Kier alpha value is -0.650.